The molecule has 0 radical (unpaired) electrons. The van der Waals surface area contributed by atoms with Gasteiger partial charge in [-0.15, -0.1) is 0 Å². The quantitative estimate of drug-likeness (QED) is 0.826. The van der Waals surface area contributed by atoms with Crippen LogP contribution in [0.25, 0.3) is 0 Å². The van der Waals surface area contributed by atoms with Crippen LogP contribution in [0.3, 0.4) is 0 Å². The molecule has 0 aliphatic rings. The molecule has 3 nitrogen and oxygen atoms in total. The standard InChI is InChI=1S/C14H20O3/c1-4-14(17,11-8-6-5-7-9-11)12(10(2)3)13(15)16/h5-10,12,17H,4H2,1-3H3,(H,15,16). The van der Waals surface area contributed by atoms with Gasteiger partial charge < -0.3 is 10.2 Å². The minimum Gasteiger partial charge on any atom is -0.481 e. The molecule has 0 aromatic heterocycles. The fourth-order valence-electron chi connectivity index (χ4n) is 2.37. The first-order valence-corrected chi connectivity index (χ1v) is 5.94. The lowest BCUT2D eigenvalue weighted by Crippen LogP contribution is -2.42. The molecule has 1 rings (SSSR count). The summed E-state index contributed by atoms with van der Waals surface area (Å²) >= 11 is 0. The van der Waals surface area contributed by atoms with Crippen molar-refractivity contribution in [3.05, 3.63) is 35.9 Å². The van der Waals surface area contributed by atoms with Crippen molar-refractivity contribution in [1.82, 2.24) is 0 Å². The zero-order valence-corrected chi connectivity index (χ0v) is 10.6. The van der Waals surface area contributed by atoms with Crippen molar-refractivity contribution in [2.75, 3.05) is 0 Å². The maximum Gasteiger partial charge on any atom is 0.310 e. The van der Waals surface area contributed by atoms with Crippen LogP contribution in [0.15, 0.2) is 30.3 Å². The van der Waals surface area contributed by atoms with Crippen molar-refractivity contribution in [3.8, 4) is 0 Å². The van der Waals surface area contributed by atoms with Gasteiger partial charge in [0, 0.05) is 0 Å². The number of aliphatic hydroxyl groups is 1. The van der Waals surface area contributed by atoms with Crippen molar-refractivity contribution in [1.29, 1.82) is 0 Å². The Bertz CT molecular complexity index is 372. The van der Waals surface area contributed by atoms with E-state index in [0.29, 0.717) is 12.0 Å². The van der Waals surface area contributed by atoms with Gasteiger partial charge in [-0.25, -0.2) is 0 Å². The van der Waals surface area contributed by atoms with E-state index in [1.807, 2.05) is 39.0 Å². The Morgan fingerprint density at radius 3 is 2.18 bits per heavy atom. The largest absolute Gasteiger partial charge is 0.481 e. The van der Waals surface area contributed by atoms with Gasteiger partial charge in [0.05, 0.1) is 5.92 Å². The molecule has 0 aliphatic carbocycles. The van der Waals surface area contributed by atoms with Crippen LogP contribution >= 0.6 is 0 Å². The third-order valence-corrected chi connectivity index (χ3v) is 3.26. The van der Waals surface area contributed by atoms with Crippen molar-refractivity contribution < 1.29 is 15.0 Å². The summed E-state index contributed by atoms with van der Waals surface area (Å²) in [4.78, 5) is 11.4. The monoisotopic (exact) mass is 236 g/mol. The van der Waals surface area contributed by atoms with Crippen LogP contribution in [0, 0.1) is 11.8 Å². The number of hydrogen-bond acceptors (Lipinski definition) is 2. The van der Waals surface area contributed by atoms with Crippen LogP contribution in [0.5, 0.6) is 0 Å². The lowest BCUT2D eigenvalue weighted by Gasteiger charge is -2.35. The molecule has 1 aromatic carbocycles. The summed E-state index contributed by atoms with van der Waals surface area (Å²) in [7, 11) is 0. The summed E-state index contributed by atoms with van der Waals surface area (Å²) in [6.45, 7) is 5.45. The highest BCUT2D eigenvalue weighted by Gasteiger charge is 2.43. The first-order valence-electron chi connectivity index (χ1n) is 5.94. The van der Waals surface area contributed by atoms with Crippen LogP contribution in [-0.4, -0.2) is 16.2 Å². The van der Waals surface area contributed by atoms with Crippen LogP contribution in [-0.2, 0) is 10.4 Å². The summed E-state index contributed by atoms with van der Waals surface area (Å²) < 4.78 is 0. The number of rotatable bonds is 5. The molecule has 0 bridgehead atoms. The number of hydrogen-bond donors (Lipinski definition) is 2. The van der Waals surface area contributed by atoms with E-state index in [9.17, 15) is 15.0 Å². The Morgan fingerprint density at radius 2 is 1.82 bits per heavy atom. The molecule has 2 unspecified atom stereocenters. The lowest BCUT2D eigenvalue weighted by atomic mass is 9.74. The van der Waals surface area contributed by atoms with Crippen LogP contribution in [0.2, 0.25) is 0 Å². The molecule has 0 aliphatic heterocycles. The third kappa shape index (κ3) is 2.67. The molecule has 2 N–H and O–H groups in total. The molecule has 94 valence electrons. The molecule has 1 aromatic rings. The average Bonchev–Trinajstić information content (AvgIpc) is 2.29. The second-order valence-electron chi connectivity index (χ2n) is 4.70. The fourth-order valence-corrected chi connectivity index (χ4v) is 2.37. The Hall–Kier alpha value is -1.35. The van der Waals surface area contributed by atoms with E-state index >= 15 is 0 Å². The van der Waals surface area contributed by atoms with E-state index in [-0.39, 0.29) is 5.92 Å². The van der Waals surface area contributed by atoms with Gasteiger partial charge in [-0.3, -0.25) is 4.79 Å². The first kappa shape index (κ1) is 13.7. The first-order chi connectivity index (χ1) is 7.93. The highest BCUT2D eigenvalue weighted by atomic mass is 16.4. The number of benzene rings is 1. The molecule has 0 heterocycles. The van der Waals surface area contributed by atoms with Gasteiger partial charge in [0.1, 0.15) is 5.60 Å². The topological polar surface area (TPSA) is 57.5 Å². The van der Waals surface area contributed by atoms with Crippen molar-refractivity contribution >= 4 is 5.97 Å². The highest BCUT2D eigenvalue weighted by Crippen LogP contribution is 2.37. The van der Waals surface area contributed by atoms with E-state index < -0.39 is 17.5 Å². The van der Waals surface area contributed by atoms with Gasteiger partial charge in [-0.1, -0.05) is 51.1 Å². The zero-order chi connectivity index (χ0) is 13.1. The molecule has 0 saturated heterocycles. The van der Waals surface area contributed by atoms with Crippen molar-refractivity contribution in [3.63, 3.8) is 0 Å². The number of carbonyl (C=O) groups is 1. The second-order valence-corrected chi connectivity index (χ2v) is 4.70. The second kappa shape index (κ2) is 5.32. The van der Waals surface area contributed by atoms with Gasteiger partial charge in [-0.2, -0.15) is 0 Å². The molecular weight excluding hydrogens is 216 g/mol. The molecule has 2 atom stereocenters. The van der Waals surface area contributed by atoms with E-state index in [1.165, 1.54) is 0 Å². The molecule has 0 fully saturated rings. The maximum absolute atomic E-state index is 11.4. The fraction of sp³-hybridized carbons (Fsp3) is 0.500. The van der Waals surface area contributed by atoms with Crippen LogP contribution < -0.4 is 0 Å². The number of aliphatic carboxylic acids is 1. The SMILES string of the molecule is CCC(O)(c1ccccc1)C(C(=O)O)C(C)C. The minimum atomic E-state index is -1.30. The van der Waals surface area contributed by atoms with Crippen LogP contribution in [0.1, 0.15) is 32.8 Å². The molecule has 17 heavy (non-hydrogen) atoms. The van der Waals surface area contributed by atoms with E-state index in [1.54, 1.807) is 12.1 Å². The minimum absolute atomic E-state index is 0.127. The third-order valence-electron chi connectivity index (χ3n) is 3.26. The highest BCUT2D eigenvalue weighted by molar-refractivity contribution is 5.72. The summed E-state index contributed by atoms with van der Waals surface area (Å²) in [5, 5.41) is 20.0. The normalized spacial score (nSPS) is 16.5. The van der Waals surface area contributed by atoms with E-state index in [4.69, 9.17) is 0 Å². The predicted octanol–water partition coefficient (Wildman–Crippen LogP) is 2.64. The van der Waals surface area contributed by atoms with Crippen molar-refractivity contribution in [2.45, 2.75) is 32.8 Å². The average molecular weight is 236 g/mol. The van der Waals surface area contributed by atoms with Gasteiger partial charge in [-0.05, 0) is 17.9 Å². The summed E-state index contributed by atoms with van der Waals surface area (Å²) in [6, 6.07) is 9.04. The Kier molecular flexibility index (Phi) is 4.29. The molecule has 0 saturated carbocycles. The summed E-state index contributed by atoms with van der Waals surface area (Å²) in [5.41, 5.74) is -0.634. The Morgan fingerprint density at radius 1 is 1.29 bits per heavy atom. The molecule has 3 heteroatoms. The lowest BCUT2D eigenvalue weighted by molar-refractivity contribution is -0.157. The van der Waals surface area contributed by atoms with Gasteiger partial charge in [0.15, 0.2) is 0 Å². The van der Waals surface area contributed by atoms with Crippen LogP contribution in [0.4, 0.5) is 0 Å². The Balaban J connectivity index is 3.23. The number of carboxylic acid groups (broad SMARTS) is 1. The van der Waals surface area contributed by atoms with Crippen molar-refractivity contribution in [2.24, 2.45) is 11.8 Å². The molecule has 0 spiro atoms. The summed E-state index contributed by atoms with van der Waals surface area (Å²) in [6.07, 6.45) is 0.381. The molecular formula is C14H20O3. The zero-order valence-electron chi connectivity index (χ0n) is 10.6. The van der Waals surface area contributed by atoms with Gasteiger partial charge >= 0.3 is 5.97 Å². The van der Waals surface area contributed by atoms with Gasteiger partial charge in [0.25, 0.3) is 0 Å². The maximum atomic E-state index is 11.4. The number of carboxylic acids is 1. The Labute approximate surface area is 102 Å². The van der Waals surface area contributed by atoms with E-state index in [0.717, 1.165) is 0 Å². The smallest absolute Gasteiger partial charge is 0.310 e. The summed E-state index contributed by atoms with van der Waals surface area (Å²) in [5.74, 6) is -1.87. The molecule has 0 amide bonds. The van der Waals surface area contributed by atoms with E-state index in [2.05, 4.69) is 0 Å². The van der Waals surface area contributed by atoms with Gasteiger partial charge in [0.2, 0.25) is 0 Å². The predicted molar refractivity (Wildman–Crippen MR) is 66.6 cm³/mol.